The Morgan fingerprint density at radius 2 is 1.71 bits per heavy atom. The Hall–Kier alpha value is -3.01. The van der Waals surface area contributed by atoms with E-state index >= 15 is 0 Å². The normalized spacial score (nSPS) is 23.6. The van der Waals surface area contributed by atoms with Gasteiger partial charge in [-0.2, -0.15) is 0 Å². The Balaban J connectivity index is 1.41. The minimum atomic E-state index is -0.744. The number of carbonyl (C=O) groups excluding carboxylic acids is 1. The van der Waals surface area contributed by atoms with Crippen molar-refractivity contribution in [3.05, 3.63) is 72.3 Å². The molecule has 0 aliphatic heterocycles. The van der Waals surface area contributed by atoms with E-state index in [2.05, 4.69) is 29.3 Å². The summed E-state index contributed by atoms with van der Waals surface area (Å²) < 4.78 is 0. The zero-order valence-corrected chi connectivity index (χ0v) is 17.7. The predicted octanol–water partition coefficient (Wildman–Crippen LogP) is 6.18. The molecule has 0 radical (unpaired) electrons. The molecule has 4 heteroatoms. The maximum Gasteiger partial charge on any atom is 0.303 e. The van der Waals surface area contributed by atoms with Crippen molar-refractivity contribution in [2.24, 2.45) is 22.7 Å². The molecule has 0 unspecified atom stereocenters. The number of aliphatic imine (C=N–C) groups is 1. The van der Waals surface area contributed by atoms with Crippen molar-refractivity contribution in [2.45, 2.75) is 44.9 Å². The van der Waals surface area contributed by atoms with Gasteiger partial charge in [-0.25, -0.2) is 4.99 Å². The third kappa shape index (κ3) is 5.19. The molecular weight excluding hydrogens is 386 g/mol. The number of carboxylic acids is 1. The lowest BCUT2D eigenvalue weighted by Gasteiger charge is -2.22. The molecule has 0 heterocycles. The Bertz CT molecular complexity index is 975. The van der Waals surface area contributed by atoms with Crippen LogP contribution in [0.4, 0.5) is 0 Å². The van der Waals surface area contributed by atoms with Crippen LogP contribution < -0.4 is 0 Å². The molecule has 4 rings (SSSR count). The fourth-order valence-corrected chi connectivity index (χ4v) is 5.03. The lowest BCUT2D eigenvalue weighted by molar-refractivity contribution is -0.137. The quantitative estimate of drug-likeness (QED) is 0.413. The number of hydrogen-bond acceptors (Lipinski definition) is 2. The minimum Gasteiger partial charge on any atom is -0.481 e. The average Bonchev–Trinajstić information content (AvgIpc) is 3.39. The Kier molecular flexibility index (Phi) is 6.76. The van der Waals surface area contributed by atoms with Crippen molar-refractivity contribution >= 4 is 17.6 Å². The van der Waals surface area contributed by atoms with Crippen molar-refractivity contribution in [1.29, 1.82) is 0 Å². The molecule has 0 spiro atoms. The molecule has 1 N–H and O–H groups in total. The zero-order chi connectivity index (χ0) is 21.6. The van der Waals surface area contributed by atoms with Crippen LogP contribution in [0.25, 0.3) is 11.1 Å². The van der Waals surface area contributed by atoms with Gasteiger partial charge in [0.1, 0.15) is 0 Å². The van der Waals surface area contributed by atoms with E-state index in [9.17, 15) is 9.59 Å². The van der Waals surface area contributed by atoms with Crippen LogP contribution in [0, 0.1) is 17.8 Å². The number of unbranched alkanes of at least 4 members (excludes halogenated alkanes) is 1. The highest BCUT2D eigenvalue weighted by molar-refractivity contribution is 6.06. The summed E-state index contributed by atoms with van der Waals surface area (Å²) in [6.45, 7) is 0. The number of amides is 1. The first kappa shape index (κ1) is 21.2. The van der Waals surface area contributed by atoms with E-state index in [4.69, 9.17) is 5.11 Å². The Labute approximate surface area is 183 Å². The molecule has 160 valence electrons. The van der Waals surface area contributed by atoms with Gasteiger partial charge in [0.25, 0.3) is 5.91 Å². The van der Waals surface area contributed by atoms with E-state index < -0.39 is 5.97 Å². The average molecular weight is 416 g/mol. The van der Waals surface area contributed by atoms with E-state index in [1.165, 1.54) is 6.42 Å². The number of aliphatic carboxylic acids is 1. The summed E-state index contributed by atoms with van der Waals surface area (Å²) in [5.41, 5.74) is 3.95. The molecule has 2 aromatic carbocycles. The van der Waals surface area contributed by atoms with Crippen molar-refractivity contribution in [2.75, 3.05) is 0 Å². The predicted molar refractivity (Wildman–Crippen MR) is 123 cm³/mol. The topological polar surface area (TPSA) is 66.7 Å². The number of rotatable bonds is 8. The first-order valence-corrected chi connectivity index (χ1v) is 11.3. The van der Waals surface area contributed by atoms with E-state index in [-0.39, 0.29) is 12.3 Å². The molecule has 3 atom stereocenters. The highest BCUT2D eigenvalue weighted by Gasteiger charge is 2.44. The van der Waals surface area contributed by atoms with Gasteiger partial charge in [-0.3, -0.25) is 9.59 Å². The van der Waals surface area contributed by atoms with Crippen LogP contribution in [0.2, 0.25) is 0 Å². The van der Waals surface area contributed by atoms with Gasteiger partial charge in [0, 0.05) is 23.6 Å². The number of fused-ring (bicyclic) bond motifs is 2. The SMILES string of the molecule is O=C(O)CCC/C=C\C[C@H]1C(=NC(=O)c2ccc(-c3ccccc3)cc2)[C@@H]2CC[C@H]1C2. The van der Waals surface area contributed by atoms with Crippen LogP contribution in [-0.4, -0.2) is 22.7 Å². The van der Waals surface area contributed by atoms with Gasteiger partial charge in [-0.1, -0.05) is 54.6 Å². The molecule has 4 nitrogen and oxygen atoms in total. The molecule has 2 bridgehead atoms. The van der Waals surface area contributed by atoms with Crippen molar-refractivity contribution in [3.63, 3.8) is 0 Å². The van der Waals surface area contributed by atoms with Crippen LogP contribution in [0.1, 0.15) is 55.3 Å². The van der Waals surface area contributed by atoms with Gasteiger partial charge in [-0.15, -0.1) is 0 Å². The smallest absolute Gasteiger partial charge is 0.303 e. The van der Waals surface area contributed by atoms with E-state index in [1.54, 1.807) is 0 Å². The van der Waals surface area contributed by atoms with Crippen molar-refractivity contribution in [1.82, 2.24) is 0 Å². The number of carboxylic acid groups (broad SMARTS) is 1. The largest absolute Gasteiger partial charge is 0.481 e. The number of carbonyl (C=O) groups is 2. The van der Waals surface area contributed by atoms with E-state index in [0.29, 0.717) is 29.7 Å². The van der Waals surface area contributed by atoms with Crippen LogP contribution in [0.15, 0.2) is 71.7 Å². The first-order chi connectivity index (χ1) is 15.1. The maximum absolute atomic E-state index is 12.9. The van der Waals surface area contributed by atoms with Gasteiger partial charge in [-0.05, 0) is 73.6 Å². The fourth-order valence-electron chi connectivity index (χ4n) is 5.03. The van der Waals surface area contributed by atoms with Gasteiger partial charge in [0.2, 0.25) is 0 Å². The number of allylic oxidation sites excluding steroid dienone is 2. The molecule has 2 saturated carbocycles. The summed E-state index contributed by atoms with van der Waals surface area (Å²) >= 11 is 0. The van der Waals surface area contributed by atoms with Gasteiger partial charge in [0.05, 0.1) is 0 Å². The molecule has 2 aliphatic rings. The van der Waals surface area contributed by atoms with Gasteiger partial charge >= 0.3 is 5.97 Å². The fraction of sp³-hybridized carbons (Fsp3) is 0.370. The molecule has 0 saturated heterocycles. The number of benzene rings is 2. The zero-order valence-electron chi connectivity index (χ0n) is 17.7. The number of hydrogen-bond donors (Lipinski definition) is 1. The molecule has 2 aliphatic carbocycles. The standard InChI is InChI=1S/C27H29NO3/c29-25(30)11-7-2-1-6-10-24-22-16-17-23(18-22)26(24)28-27(31)21-14-12-20(13-15-21)19-8-4-3-5-9-19/h1,3-6,8-9,12-15,22-24H,2,7,10-11,16-18H2,(H,29,30)/b6-1-,28-26?/t22-,23+,24+/m0/s1. The maximum atomic E-state index is 12.9. The highest BCUT2D eigenvalue weighted by atomic mass is 16.4. The highest BCUT2D eigenvalue weighted by Crippen LogP contribution is 2.48. The van der Waals surface area contributed by atoms with Crippen LogP contribution in [0.5, 0.6) is 0 Å². The van der Waals surface area contributed by atoms with Crippen LogP contribution >= 0.6 is 0 Å². The molecule has 1 amide bonds. The Morgan fingerprint density at radius 3 is 2.45 bits per heavy atom. The first-order valence-electron chi connectivity index (χ1n) is 11.3. The second kappa shape index (κ2) is 9.86. The molecule has 2 fully saturated rings. The number of nitrogens with zero attached hydrogens (tertiary/aromatic N) is 1. The van der Waals surface area contributed by atoms with E-state index in [0.717, 1.165) is 42.5 Å². The second-order valence-electron chi connectivity index (χ2n) is 8.65. The minimum absolute atomic E-state index is 0.141. The summed E-state index contributed by atoms with van der Waals surface area (Å²) in [5, 5.41) is 8.73. The lowest BCUT2D eigenvalue weighted by Crippen LogP contribution is -2.23. The summed E-state index contributed by atoms with van der Waals surface area (Å²) in [5.74, 6) is 0.537. The van der Waals surface area contributed by atoms with Crippen LogP contribution in [-0.2, 0) is 4.79 Å². The van der Waals surface area contributed by atoms with E-state index in [1.807, 2.05) is 42.5 Å². The van der Waals surface area contributed by atoms with Crippen molar-refractivity contribution < 1.29 is 14.7 Å². The summed E-state index contributed by atoms with van der Waals surface area (Å²) in [6.07, 6.45) is 10.3. The van der Waals surface area contributed by atoms with Crippen molar-refractivity contribution in [3.8, 4) is 11.1 Å². The summed E-state index contributed by atoms with van der Waals surface area (Å²) in [7, 11) is 0. The van der Waals surface area contributed by atoms with Gasteiger partial charge in [0.15, 0.2) is 0 Å². The third-order valence-electron chi connectivity index (χ3n) is 6.63. The Morgan fingerprint density at radius 1 is 0.968 bits per heavy atom. The molecule has 31 heavy (non-hydrogen) atoms. The summed E-state index contributed by atoms with van der Waals surface area (Å²) in [6, 6.07) is 17.9. The summed E-state index contributed by atoms with van der Waals surface area (Å²) in [4.78, 5) is 28.1. The van der Waals surface area contributed by atoms with Crippen LogP contribution in [0.3, 0.4) is 0 Å². The second-order valence-corrected chi connectivity index (χ2v) is 8.65. The van der Waals surface area contributed by atoms with Gasteiger partial charge < -0.3 is 5.11 Å². The molecular formula is C27H29NO3. The third-order valence-corrected chi connectivity index (χ3v) is 6.63. The monoisotopic (exact) mass is 415 g/mol. The lowest BCUT2D eigenvalue weighted by atomic mass is 9.84. The molecule has 0 aromatic heterocycles. The molecule has 2 aromatic rings.